The number of carbonyl (C=O) groups is 1. The maximum absolute atomic E-state index is 12.1. The minimum atomic E-state index is 0.0150. The first-order valence-electron chi connectivity index (χ1n) is 5.83. The van der Waals surface area contributed by atoms with Gasteiger partial charge in [0.25, 0.3) is 5.91 Å². The van der Waals surface area contributed by atoms with E-state index in [1.54, 1.807) is 0 Å². The van der Waals surface area contributed by atoms with Crippen LogP contribution in [0.5, 0.6) is 0 Å². The molecule has 0 atom stereocenters. The van der Waals surface area contributed by atoms with Crippen molar-refractivity contribution < 1.29 is 4.79 Å². The maximum atomic E-state index is 12.1. The minimum absolute atomic E-state index is 0.0150. The highest BCUT2D eigenvalue weighted by molar-refractivity contribution is 9.10. The molecule has 0 saturated heterocycles. The fourth-order valence-electron chi connectivity index (χ4n) is 2.37. The maximum Gasteiger partial charge on any atom is 0.251 e. The van der Waals surface area contributed by atoms with Gasteiger partial charge in [0.1, 0.15) is 0 Å². The molecule has 3 heteroatoms. The zero-order valence-corrected chi connectivity index (χ0v) is 12.3. The van der Waals surface area contributed by atoms with Crippen LogP contribution in [0, 0.1) is 10.8 Å². The molecule has 17 heavy (non-hydrogen) atoms. The summed E-state index contributed by atoms with van der Waals surface area (Å²) in [6.45, 7) is 8.78. The highest BCUT2D eigenvalue weighted by atomic mass is 79.9. The number of carbonyl (C=O) groups excluding carboxylic acids is 1. The molecule has 1 amide bonds. The number of amides is 1. The van der Waals surface area contributed by atoms with Gasteiger partial charge in [-0.05, 0) is 35.1 Å². The van der Waals surface area contributed by atoms with Crippen LogP contribution >= 0.6 is 15.9 Å². The SMILES string of the molecule is CC1(C)C(NC(=O)c2ccc(Br)cc2)C1(C)C. The highest BCUT2D eigenvalue weighted by Gasteiger charge is 2.65. The lowest BCUT2D eigenvalue weighted by Crippen LogP contribution is -2.29. The van der Waals surface area contributed by atoms with Crippen molar-refractivity contribution >= 4 is 21.8 Å². The second kappa shape index (κ2) is 3.84. The first-order valence-corrected chi connectivity index (χ1v) is 6.62. The lowest BCUT2D eigenvalue weighted by molar-refractivity contribution is 0.0943. The summed E-state index contributed by atoms with van der Waals surface area (Å²) in [6.07, 6.45) is 0. The number of rotatable bonds is 2. The Bertz CT molecular complexity index is 434. The molecule has 0 bridgehead atoms. The molecular formula is C14H18BrNO. The van der Waals surface area contributed by atoms with Crippen molar-refractivity contribution in [1.82, 2.24) is 5.32 Å². The number of benzene rings is 1. The van der Waals surface area contributed by atoms with E-state index in [1.807, 2.05) is 24.3 Å². The molecule has 0 spiro atoms. The molecule has 92 valence electrons. The predicted molar refractivity (Wildman–Crippen MR) is 73.0 cm³/mol. The number of hydrogen-bond acceptors (Lipinski definition) is 1. The molecule has 1 aliphatic rings. The Morgan fingerprint density at radius 2 is 1.59 bits per heavy atom. The molecule has 1 aromatic rings. The van der Waals surface area contributed by atoms with E-state index >= 15 is 0 Å². The van der Waals surface area contributed by atoms with E-state index in [1.165, 1.54) is 0 Å². The summed E-state index contributed by atoms with van der Waals surface area (Å²) in [6, 6.07) is 7.70. The molecule has 1 aromatic carbocycles. The topological polar surface area (TPSA) is 29.1 Å². The predicted octanol–water partition coefficient (Wildman–Crippen LogP) is 3.61. The zero-order valence-electron chi connectivity index (χ0n) is 10.7. The molecule has 2 nitrogen and oxygen atoms in total. The van der Waals surface area contributed by atoms with E-state index in [0.29, 0.717) is 5.56 Å². The van der Waals surface area contributed by atoms with Crippen molar-refractivity contribution in [2.24, 2.45) is 10.8 Å². The zero-order chi connectivity index (χ0) is 12.8. The second-order valence-corrected chi connectivity index (χ2v) is 6.77. The summed E-state index contributed by atoms with van der Waals surface area (Å²) >= 11 is 3.36. The summed E-state index contributed by atoms with van der Waals surface area (Å²) in [5.41, 5.74) is 1.07. The van der Waals surface area contributed by atoms with E-state index in [9.17, 15) is 4.79 Å². The third-order valence-corrected chi connectivity index (χ3v) is 4.93. The third kappa shape index (κ3) is 2.01. The van der Waals surface area contributed by atoms with Gasteiger partial charge in [-0.2, -0.15) is 0 Å². The average Bonchev–Trinajstić information content (AvgIpc) is 2.62. The second-order valence-electron chi connectivity index (χ2n) is 5.86. The molecule has 2 rings (SSSR count). The van der Waals surface area contributed by atoms with Crippen molar-refractivity contribution in [1.29, 1.82) is 0 Å². The van der Waals surface area contributed by atoms with Gasteiger partial charge in [0.15, 0.2) is 0 Å². The van der Waals surface area contributed by atoms with Gasteiger partial charge in [-0.15, -0.1) is 0 Å². The number of nitrogens with one attached hydrogen (secondary N) is 1. The largest absolute Gasteiger partial charge is 0.348 e. The van der Waals surface area contributed by atoms with Crippen molar-refractivity contribution in [3.8, 4) is 0 Å². The van der Waals surface area contributed by atoms with Crippen LogP contribution in [-0.2, 0) is 0 Å². The van der Waals surface area contributed by atoms with Gasteiger partial charge in [0, 0.05) is 16.1 Å². The first kappa shape index (κ1) is 12.6. The van der Waals surface area contributed by atoms with Gasteiger partial charge < -0.3 is 5.32 Å². The Kier molecular flexibility index (Phi) is 2.85. The standard InChI is InChI=1S/C14H18BrNO/c1-13(2)12(14(13,3)4)16-11(17)9-5-7-10(15)8-6-9/h5-8,12H,1-4H3,(H,16,17). The molecule has 0 radical (unpaired) electrons. The van der Waals surface area contributed by atoms with Crippen LogP contribution in [-0.4, -0.2) is 11.9 Å². The minimum Gasteiger partial charge on any atom is -0.348 e. The number of hydrogen-bond donors (Lipinski definition) is 1. The van der Waals surface area contributed by atoms with Crippen LogP contribution < -0.4 is 5.32 Å². The van der Waals surface area contributed by atoms with Crippen molar-refractivity contribution in [2.45, 2.75) is 33.7 Å². The number of halogens is 1. The van der Waals surface area contributed by atoms with Gasteiger partial charge in [-0.3, -0.25) is 4.79 Å². The molecule has 0 aromatic heterocycles. The summed E-state index contributed by atoms with van der Waals surface area (Å²) < 4.78 is 0.987. The van der Waals surface area contributed by atoms with Crippen LogP contribution in [0.25, 0.3) is 0 Å². The average molecular weight is 296 g/mol. The lowest BCUT2D eigenvalue weighted by atomic mass is 10.0. The molecule has 1 saturated carbocycles. The van der Waals surface area contributed by atoms with E-state index in [4.69, 9.17) is 0 Å². The van der Waals surface area contributed by atoms with Gasteiger partial charge in [0.2, 0.25) is 0 Å². The van der Waals surface area contributed by atoms with Gasteiger partial charge >= 0.3 is 0 Å². The molecule has 0 unspecified atom stereocenters. The lowest BCUT2D eigenvalue weighted by Gasteiger charge is -2.06. The third-order valence-electron chi connectivity index (χ3n) is 4.40. The molecule has 1 N–H and O–H groups in total. The fourth-order valence-corrected chi connectivity index (χ4v) is 2.64. The highest BCUT2D eigenvalue weighted by Crippen LogP contribution is 2.62. The summed E-state index contributed by atoms with van der Waals surface area (Å²) in [5, 5.41) is 3.12. The van der Waals surface area contributed by atoms with Crippen LogP contribution in [0.3, 0.4) is 0 Å². The fraction of sp³-hybridized carbons (Fsp3) is 0.500. The smallest absolute Gasteiger partial charge is 0.251 e. The Hall–Kier alpha value is -0.830. The Morgan fingerprint density at radius 1 is 1.12 bits per heavy atom. The van der Waals surface area contributed by atoms with Crippen LogP contribution in [0.4, 0.5) is 0 Å². The van der Waals surface area contributed by atoms with Gasteiger partial charge in [-0.1, -0.05) is 43.6 Å². The normalized spacial score (nSPS) is 21.0. The van der Waals surface area contributed by atoms with Crippen LogP contribution in [0.15, 0.2) is 28.7 Å². The van der Waals surface area contributed by atoms with Crippen LogP contribution in [0.2, 0.25) is 0 Å². The Labute approximate surface area is 111 Å². The van der Waals surface area contributed by atoms with Crippen molar-refractivity contribution in [2.75, 3.05) is 0 Å². The molecule has 1 aliphatic carbocycles. The van der Waals surface area contributed by atoms with Crippen molar-refractivity contribution in [3.63, 3.8) is 0 Å². The Balaban J connectivity index is 2.07. The summed E-state index contributed by atoms with van der Waals surface area (Å²) in [7, 11) is 0. The summed E-state index contributed by atoms with van der Waals surface area (Å²) in [5.74, 6) is 0.0150. The molecule has 1 fully saturated rings. The van der Waals surface area contributed by atoms with E-state index < -0.39 is 0 Å². The van der Waals surface area contributed by atoms with E-state index in [-0.39, 0.29) is 22.8 Å². The van der Waals surface area contributed by atoms with E-state index in [2.05, 4.69) is 48.9 Å². The van der Waals surface area contributed by atoms with Crippen LogP contribution in [0.1, 0.15) is 38.1 Å². The van der Waals surface area contributed by atoms with Gasteiger partial charge in [0.05, 0.1) is 0 Å². The quantitative estimate of drug-likeness (QED) is 0.887. The Morgan fingerprint density at radius 3 is 2.00 bits per heavy atom. The van der Waals surface area contributed by atoms with Crippen molar-refractivity contribution in [3.05, 3.63) is 34.3 Å². The monoisotopic (exact) mass is 295 g/mol. The molecule has 0 aliphatic heterocycles. The van der Waals surface area contributed by atoms with E-state index in [0.717, 1.165) is 4.47 Å². The summed E-state index contributed by atoms with van der Waals surface area (Å²) in [4.78, 5) is 12.1. The van der Waals surface area contributed by atoms with Gasteiger partial charge in [-0.25, -0.2) is 0 Å². The molecular weight excluding hydrogens is 278 g/mol. The molecule has 0 heterocycles. The first-order chi connectivity index (χ1) is 7.76.